The van der Waals surface area contributed by atoms with Crippen molar-refractivity contribution in [3.05, 3.63) is 0 Å². The molecule has 7 heteroatoms. The Morgan fingerprint density at radius 2 is 2.05 bits per heavy atom. The molecule has 6 nitrogen and oxygen atoms in total. The molecule has 0 spiro atoms. The molecule has 1 rings (SSSR count). The van der Waals surface area contributed by atoms with Crippen LogP contribution in [0.4, 0.5) is 0 Å². The van der Waals surface area contributed by atoms with Gasteiger partial charge in [-0.3, -0.25) is 9.69 Å². The molecule has 1 saturated heterocycles. The predicted octanol–water partition coefficient (Wildman–Crippen LogP) is 1.62. The Balaban J connectivity index is 2.59. The Bertz CT molecular complexity index is 452. The lowest BCUT2D eigenvalue weighted by atomic mass is 10.1. The lowest BCUT2D eigenvalue weighted by Gasteiger charge is -2.26. The highest BCUT2D eigenvalue weighted by molar-refractivity contribution is 7.89. The predicted molar refractivity (Wildman–Crippen MR) is 87.3 cm³/mol. The van der Waals surface area contributed by atoms with Gasteiger partial charge in [-0.05, 0) is 38.6 Å². The second-order valence-electron chi connectivity index (χ2n) is 6.47. The molecule has 0 aliphatic carbocycles. The molecule has 1 aliphatic rings. The first-order valence-corrected chi connectivity index (χ1v) is 9.77. The van der Waals surface area contributed by atoms with Crippen molar-refractivity contribution in [1.82, 2.24) is 9.21 Å². The van der Waals surface area contributed by atoms with E-state index in [0.717, 1.165) is 25.7 Å². The number of sulfonamides is 1. The monoisotopic (exact) mass is 334 g/mol. The molecule has 0 saturated carbocycles. The number of rotatable bonds is 8. The summed E-state index contributed by atoms with van der Waals surface area (Å²) in [7, 11) is -1.40. The summed E-state index contributed by atoms with van der Waals surface area (Å²) in [5.74, 6) is -0.440. The topological polar surface area (TPSA) is 77.9 Å². The van der Waals surface area contributed by atoms with Crippen LogP contribution in [0.5, 0.6) is 0 Å². The number of carboxylic acids is 1. The third-order valence-corrected chi connectivity index (χ3v) is 6.48. The molecule has 130 valence electrons. The van der Waals surface area contributed by atoms with Crippen LogP contribution in [0, 0.1) is 5.92 Å². The van der Waals surface area contributed by atoms with Crippen LogP contribution in [0.3, 0.4) is 0 Å². The van der Waals surface area contributed by atoms with E-state index in [4.69, 9.17) is 5.11 Å². The quantitative estimate of drug-likeness (QED) is 0.730. The van der Waals surface area contributed by atoms with Crippen LogP contribution in [0.15, 0.2) is 0 Å². The summed E-state index contributed by atoms with van der Waals surface area (Å²) in [5.41, 5.74) is 0. The Labute approximate surface area is 134 Å². The minimum atomic E-state index is -3.20. The van der Waals surface area contributed by atoms with Crippen molar-refractivity contribution in [3.63, 3.8) is 0 Å². The number of nitrogens with zero attached hydrogens (tertiary/aromatic N) is 2. The summed E-state index contributed by atoms with van der Waals surface area (Å²) in [6, 6.07) is 0.143. The van der Waals surface area contributed by atoms with Gasteiger partial charge in [-0.15, -0.1) is 0 Å². The lowest BCUT2D eigenvalue weighted by molar-refractivity contribution is -0.138. The summed E-state index contributed by atoms with van der Waals surface area (Å²) < 4.78 is 26.6. The highest BCUT2D eigenvalue weighted by Crippen LogP contribution is 2.20. The molecule has 0 aromatic rings. The van der Waals surface area contributed by atoms with Crippen LogP contribution in [-0.4, -0.2) is 67.2 Å². The molecule has 1 aliphatic heterocycles. The average Bonchev–Trinajstić information content (AvgIpc) is 2.63. The normalized spacial score (nSPS) is 22.5. The van der Waals surface area contributed by atoms with Crippen LogP contribution in [0.1, 0.15) is 46.0 Å². The first-order chi connectivity index (χ1) is 10.3. The Morgan fingerprint density at radius 3 is 2.64 bits per heavy atom. The summed E-state index contributed by atoms with van der Waals surface area (Å²) in [4.78, 5) is 12.6. The van der Waals surface area contributed by atoms with E-state index in [0.29, 0.717) is 19.5 Å². The number of hydrogen-bond donors (Lipinski definition) is 1. The van der Waals surface area contributed by atoms with Gasteiger partial charge in [-0.25, -0.2) is 12.7 Å². The third-order valence-electron chi connectivity index (χ3n) is 4.33. The number of carbonyl (C=O) groups is 1. The molecular formula is C15H30N2O4S. The summed E-state index contributed by atoms with van der Waals surface area (Å²) in [6.07, 6.45) is 4.26. The molecule has 1 heterocycles. The van der Waals surface area contributed by atoms with Gasteiger partial charge in [0.25, 0.3) is 0 Å². The van der Waals surface area contributed by atoms with E-state index in [2.05, 4.69) is 6.92 Å². The Kier molecular flexibility index (Phi) is 7.79. The fourth-order valence-electron chi connectivity index (χ4n) is 3.15. The fourth-order valence-corrected chi connectivity index (χ4v) is 5.04. The second-order valence-corrected chi connectivity index (χ2v) is 8.48. The van der Waals surface area contributed by atoms with Gasteiger partial charge in [-0.1, -0.05) is 20.3 Å². The van der Waals surface area contributed by atoms with E-state index >= 15 is 0 Å². The smallest absolute Gasteiger partial charge is 0.317 e. The molecule has 0 bridgehead atoms. The Hall–Kier alpha value is -0.660. The first-order valence-electron chi connectivity index (χ1n) is 8.16. The molecule has 1 fully saturated rings. The summed E-state index contributed by atoms with van der Waals surface area (Å²) in [5, 5.41) is 8.87. The molecule has 22 heavy (non-hydrogen) atoms. The molecule has 0 amide bonds. The SMILES string of the molecule is CCCC(C)CS(=O)(=O)N1CCCC(N(C)CC(=O)O)CC1. The van der Waals surface area contributed by atoms with Crippen LogP contribution in [0.2, 0.25) is 0 Å². The van der Waals surface area contributed by atoms with Crippen molar-refractivity contribution in [2.45, 2.75) is 52.0 Å². The van der Waals surface area contributed by atoms with Gasteiger partial charge < -0.3 is 5.11 Å². The highest BCUT2D eigenvalue weighted by Gasteiger charge is 2.28. The van der Waals surface area contributed by atoms with Gasteiger partial charge in [0.15, 0.2) is 0 Å². The van der Waals surface area contributed by atoms with Crippen LogP contribution >= 0.6 is 0 Å². The molecule has 0 radical (unpaired) electrons. The number of carboxylic acid groups (broad SMARTS) is 1. The molecule has 2 unspecified atom stereocenters. The van der Waals surface area contributed by atoms with E-state index in [9.17, 15) is 13.2 Å². The molecule has 1 N–H and O–H groups in total. The standard InChI is InChI=1S/C15H30N2O4S/c1-4-6-13(2)12-22(20,21)17-9-5-7-14(8-10-17)16(3)11-15(18)19/h13-14H,4-12H2,1-3H3,(H,18,19). The summed E-state index contributed by atoms with van der Waals surface area (Å²) in [6.45, 7) is 5.11. The zero-order valence-corrected chi connectivity index (χ0v) is 14.8. The maximum absolute atomic E-state index is 12.5. The molecule has 2 atom stereocenters. The largest absolute Gasteiger partial charge is 0.480 e. The van der Waals surface area contributed by atoms with Gasteiger partial charge in [-0.2, -0.15) is 0 Å². The van der Waals surface area contributed by atoms with Crippen LogP contribution in [0.25, 0.3) is 0 Å². The zero-order chi connectivity index (χ0) is 16.8. The van der Waals surface area contributed by atoms with Gasteiger partial charge in [0.05, 0.1) is 12.3 Å². The van der Waals surface area contributed by atoms with Gasteiger partial charge >= 0.3 is 5.97 Å². The van der Waals surface area contributed by atoms with Crippen molar-refractivity contribution in [1.29, 1.82) is 0 Å². The van der Waals surface area contributed by atoms with Crippen LogP contribution in [-0.2, 0) is 14.8 Å². The maximum atomic E-state index is 12.5. The van der Waals surface area contributed by atoms with Crippen molar-refractivity contribution >= 4 is 16.0 Å². The molecule has 0 aromatic carbocycles. The van der Waals surface area contributed by atoms with E-state index in [-0.39, 0.29) is 24.3 Å². The number of aliphatic carboxylic acids is 1. The van der Waals surface area contributed by atoms with Crippen molar-refractivity contribution < 1.29 is 18.3 Å². The molecule has 0 aromatic heterocycles. The first kappa shape index (κ1) is 19.4. The van der Waals surface area contributed by atoms with Gasteiger partial charge in [0, 0.05) is 19.1 Å². The van der Waals surface area contributed by atoms with Crippen molar-refractivity contribution in [3.8, 4) is 0 Å². The van der Waals surface area contributed by atoms with Gasteiger partial charge in [0.2, 0.25) is 10.0 Å². The Morgan fingerprint density at radius 1 is 1.36 bits per heavy atom. The average molecular weight is 334 g/mol. The van der Waals surface area contributed by atoms with Gasteiger partial charge in [0.1, 0.15) is 0 Å². The molecular weight excluding hydrogens is 304 g/mol. The maximum Gasteiger partial charge on any atom is 0.317 e. The van der Waals surface area contributed by atoms with E-state index in [1.54, 1.807) is 11.4 Å². The highest BCUT2D eigenvalue weighted by atomic mass is 32.2. The fraction of sp³-hybridized carbons (Fsp3) is 0.933. The second kappa shape index (κ2) is 8.84. The number of likely N-dealkylation sites (N-methyl/N-ethyl adjacent to an activating group) is 1. The number of hydrogen-bond acceptors (Lipinski definition) is 4. The van der Waals surface area contributed by atoms with Crippen LogP contribution < -0.4 is 0 Å². The van der Waals surface area contributed by atoms with E-state index < -0.39 is 16.0 Å². The lowest BCUT2D eigenvalue weighted by Crippen LogP contribution is -2.38. The van der Waals surface area contributed by atoms with Crippen molar-refractivity contribution in [2.75, 3.05) is 32.4 Å². The summed E-state index contributed by atoms with van der Waals surface area (Å²) >= 11 is 0. The van der Waals surface area contributed by atoms with Crippen molar-refractivity contribution in [2.24, 2.45) is 5.92 Å². The third kappa shape index (κ3) is 6.22. The minimum Gasteiger partial charge on any atom is -0.480 e. The minimum absolute atomic E-state index is 0.00491. The zero-order valence-electron chi connectivity index (χ0n) is 14.0. The van der Waals surface area contributed by atoms with E-state index in [1.165, 1.54) is 0 Å². The van der Waals surface area contributed by atoms with E-state index in [1.807, 2.05) is 11.8 Å².